The Bertz CT molecular complexity index is 840. The van der Waals surface area contributed by atoms with Crippen molar-refractivity contribution in [1.82, 2.24) is 14.7 Å². The summed E-state index contributed by atoms with van der Waals surface area (Å²) in [7, 11) is 0. The third-order valence-corrected chi connectivity index (χ3v) is 6.86. The number of Topliss-reactive ketones (excluding diaryl/α,β-unsaturated/α-hetero) is 1. The Labute approximate surface area is 181 Å². The van der Waals surface area contributed by atoms with Gasteiger partial charge in [0, 0.05) is 51.1 Å². The minimum Gasteiger partial charge on any atom is -0.342 e. The number of halogens is 2. The van der Waals surface area contributed by atoms with Crippen molar-refractivity contribution in [3.05, 3.63) is 35.4 Å². The van der Waals surface area contributed by atoms with Crippen molar-refractivity contribution >= 4 is 17.7 Å². The average molecular weight is 433 g/mol. The number of amides is 3. The molecule has 4 rings (SSSR count). The van der Waals surface area contributed by atoms with Crippen molar-refractivity contribution in [2.45, 2.75) is 38.5 Å². The number of hydrogen-bond donors (Lipinski definition) is 0. The first-order valence-electron chi connectivity index (χ1n) is 11.3. The van der Waals surface area contributed by atoms with Crippen LogP contribution in [0, 0.1) is 23.5 Å². The predicted octanol–water partition coefficient (Wildman–Crippen LogP) is 3.31. The smallest absolute Gasteiger partial charge is 0.319 e. The van der Waals surface area contributed by atoms with Crippen LogP contribution in [0.2, 0.25) is 0 Å². The summed E-state index contributed by atoms with van der Waals surface area (Å²) in [5.41, 5.74) is -0.209. The fourth-order valence-electron chi connectivity index (χ4n) is 4.95. The molecule has 1 aromatic rings. The highest BCUT2D eigenvalue weighted by Gasteiger charge is 2.35. The van der Waals surface area contributed by atoms with Crippen molar-refractivity contribution in [1.29, 1.82) is 0 Å². The zero-order valence-electron chi connectivity index (χ0n) is 17.7. The molecule has 8 heteroatoms. The first-order valence-corrected chi connectivity index (χ1v) is 11.3. The summed E-state index contributed by atoms with van der Waals surface area (Å²) < 4.78 is 27.3. The number of likely N-dealkylation sites (tertiary alicyclic amines) is 3. The highest BCUT2D eigenvalue weighted by molar-refractivity contribution is 5.98. The number of hydrogen-bond acceptors (Lipinski definition) is 3. The normalized spacial score (nSPS) is 20.9. The van der Waals surface area contributed by atoms with E-state index < -0.39 is 23.3 Å². The molecule has 3 aliphatic heterocycles. The van der Waals surface area contributed by atoms with E-state index in [4.69, 9.17) is 0 Å². The average Bonchev–Trinajstić information content (AvgIpc) is 3.34. The Morgan fingerprint density at radius 3 is 1.94 bits per heavy atom. The van der Waals surface area contributed by atoms with Gasteiger partial charge in [0.15, 0.2) is 5.78 Å². The minimum absolute atomic E-state index is 0.0797. The molecule has 0 aromatic heterocycles. The van der Waals surface area contributed by atoms with E-state index in [-0.39, 0.29) is 23.4 Å². The highest BCUT2D eigenvalue weighted by Crippen LogP contribution is 2.27. The topological polar surface area (TPSA) is 60.9 Å². The Morgan fingerprint density at radius 1 is 0.742 bits per heavy atom. The lowest BCUT2D eigenvalue weighted by molar-refractivity contribution is -0.138. The first kappa shape index (κ1) is 21.7. The van der Waals surface area contributed by atoms with Crippen LogP contribution in [0.4, 0.5) is 13.6 Å². The summed E-state index contributed by atoms with van der Waals surface area (Å²) in [6, 6.07) is 3.01. The van der Waals surface area contributed by atoms with Crippen molar-refractivity contribution in [3.63, 3.8) is 0 Å². The lowest BCUT2D eigenvalue weighted by atomic mass is 9.87. The van der Waals surface area contributed by atoms with Gasteiger partial charge in [-0.2, -0.15) is 0 Å². The molecule has 0 saturated carbocycles. The van der Waals surface area contributed by atoms with Crippen LogP contribution in [0.5, 0.6) is 0 Å². The van der Waals surface area contributed by atoms with E-state index in [9.17, 15) is 23.2 Å². The van der Waals surface area contributed by atoms with E-state index in [1.165, 1.54) is 0 Å². The number of urea groups is 1. The summed E-state index contributed by atoms with van der Waals surface area (Å²) in [6.07, 6.45) is 4.34. The van der Waals surface area contributed by atoms with Crippen molar-refractivity contribution in [2.75, 3.05) is 39.3 Å². The van der Waals surface area contributed by atoms with Gasteiger partial charge < -0.3 is 14.7 Å². The Morgan fingerprint density at radius 2 is 1.29 bits per heavy atom. The first-order chi connectivity index (χ1) is 14.9. The summed E-state index contributed by atoms with van der Waals surface area (Å²) >= 11 is 0. The highest BCUT2D eigenvalue weighted by atomic mass is 19.1. The molecular formula is C23H29F2N3O3. The number of rotatable bonds is 3. The molecule has 3 heterocycles. The van der Waals surface area contributed by atoms with Crippen LogP contribution in [0.15, 0.2) is 18.2 Å². The van der Waals surface area contributed by atoms with Gasteiger partial charge >= 0.3 is 6.03 Å². The van der Waals surface area contributed by atoms with E-state index in [2.05, 4.69) is 0 Å². The molecule has 0 bridgehead atoms. The molecule has 0 aliphatic carbocycles. The number of carbonyl (C=O) groups excluding carboxylic acids is 3. The number of ketones is 1. The zero-order chi connectivity index (χ0) is 22.0. The molecule has 3 fully saturated rings. The van der Waals surface area contributed by atoms with E-state index >= 15 is 0 Å². The molecule has 0 unspecified atom stereocenters. The largest absolute Gasteiger partial charge is 0.342 e. The van der Waals surface area contributed by atoms with Crippen LogP contribution < -0.4 is 0 Å². The molecule has 31 heavy (non-hydrogen) atoms. The van der Waals surface area contributed by atoms with E-state index in [1.807, 2.05) is 9.80 Å². The van der Waals surface area contributed by atoms with E-state index in [1.54, 1.807) is 4.90 Å². The molecule has 0 N–H and O–H groups in total. The summed E-state index contributed by atoms with van der Waals surface area (Å²) in [5.74, 6) is -2.16. The third kappa shape index (κ3) is 4.72. The fourth-order valence-corrected chi connectivity index (χ4v) is 4.95. The second kappa shape index (κ2) is 9.32. The van der Waals surface area contributed by atoms with Crippen molar-refractivity contribution < 1.29 is 23.2 Å². The van der Waals surface area contributed by atoms with Crippen molar-refractivity contribution in [2.24, 2.45) is 11.8 Å². The van der Waals surface area contributed by atoms with Crippen LogP contribution in [0.3, 0.4) is 0 Å². The van der Waals surface area contributed by atoms with Crippen LogP contribution in [0.25, 0.3) is 0 Å². The summed E-state index contributed by atoms with van der Waals surface area (Å²) in [5, 5.41) is 0. The molecule has 0 spiro atoms. The van der Waals surface area contributed by atoms with Gasteiger partial charge in [-0.05, 0) is 56.7 Å². The van der Waals surface area contributed by atoms with Gasteiger partial charge in [0.25, 0.3) is 0 Å². The van der Waals surface area contributed by atoms with Crippen LogP contribution in [-0.2, 0) is 4.79 Å². The maximum absolute atomic E-state index is 13.9. The maximum Gasteiger partial charge on any atom is 0.319 e. The zero-order valence-corrected chi connectivity index (χ0v) is 17.7. The van der Waals surface area contributed by atoms with Gasteiger partial charge in [-0.3, -0.25) is 9.59 Å². The minimum atomic E-state index is -0.708. The number of carbonyl (C=O) groups is 3. The second-order valence-corrected chi connectivity index (χ2v) is 8.83. The van der Waals surface area contributed by atoms with Crippen LogP contribution >= 0.6 is 0 Å². The summed E-state index contributed by atoms with van der Waals surface area (Å²) in [6.45, 7) is 3.73. The lowest BCUT2D eigenvalue weighted by Gasteiger charge is -2.38. The van der Waals surface area contributed by atoms with Crippen molar-refractivity contribution in [3.8, 4) is 0 Å². The third-order valence-electron chi connectivity index (χ3n) is 6.86. The molecule has 0 atom stereocenters. The molecule has 3 amide bonds. The maximum atomic E-state index is 13.9. The quantitative estimate of drug-likeness (QED) is 0.687. The van der Waals surface area contributed by atoms with E-state index in [0.717, 1.165) is 44.1 Å². The Kier molecular flexibility index (Phi) is 6.53. The summed E-state index contributed by atoms with van der Waals surface area (Å²) in [4.78, 5) is 43.6. The van der Waals surface area contributed by atoms with E-state index in [0.29, 0.717) is 51.9 Å². The van der Waals surface area contributed by atoms with Gasteiger partial charge in [-0.1, -0.05) is 0 Å². The lowest BCUT2D eigenvalue weighted by Crippen LogP contribution is -2.49. The van der Waals surface area contributed by atoms with Gasteiger partial charge in [0.1, 0.15) is 11.6 Å². The molecular weight excluding hydrogens is 404 g/mol. The molecule has 6 nitrogen and oxygen atoms in total. The second-order valence-electron chi connectivity index (χ2n) is 8.83. The van der Waals surface area contributed by atoms with Crippen LogP contribution in [0.1, 0.15) is 48.9 Å². The Balaban J connectivity index is 1.26. The van der Waals surface area contributed by atoms with Gasteiger partial charge in [-0.15, -0.1) is 0 Å². The predicted molar refractivity (Wildman–Crippen MR) is 110 cm³/mol. The standard InChI is InChI=1S/C23H29F2N3O3/c24-18-3-4-20(25)19(15-18)21(29)16-5-11-26(12-6-16)22(30)17-7-13-28(14-8-17)23(31)27-9-1-2-10-27/h3-4,15-17H,1-2,5-14H2. The molecule has 3 aliphatic rings. The number of nitrogens with zero attached hydrogens (tertiary/aromatic N) is 3. The van der Waals surface area contributed by atoms with Crippen LogP contribution in [-0.4, -0.2) is 71.7 Å². The molecule has 0 radical (unpaired) electrons. The van der Waals surface area contributed by atoms with Gasteiger partial charge in [-0.25, -0.2) is 13.6 Å². The molecule has 168 valence electrons. The van der Waals surface area contributed by atoms with Gasteiger partial charge in [0.05, 0.1) is 5.56 Å². The number of piperidine rings is 2. The molecule has 3 saturated heterocycles. The number of benzene rings is 1. The fraction of sp³-hybridized carbons (Fsp3) is 0.609. The Hall–Kier alpha value is -2.51. The van der Waals surface area contributed by atoms with Gasteiger partial charge in [0.2, 0.25) is 5.91 Å². The monoisotopic (exact) mass is 433 g/mol. The molecule has 1 aromatic carbocycles. The SMILES string of the molecule is O=C(c1cc(F)ccc1F)C1CCN(C(=O)C2CCN(C(=O)N3CCCC3)CC2)CC1.